The van der Waals surface area contributed by atoms with Gasteiger partial charge in [0.15, 0.2) is 0 Å². The molecule has 0 spiro atoms. The second kappa shape index (κ2) is 5.35. The first-order valence-corrected chi connectivity index (χ1v) is 5.70. The van der Waals surface area contributed by atoms with Gasteiger partial charge in [-0.15, -0.1) is 0 Å². The summed E-state index contributed by atoms with van der Waals surface area (Å²) in [5, 5.41) is 22.9. The summed E-state index contributed by atoms with van der Waals surface area (Å²) in [4.78, 5) is 14.6. The molecule has 0 fully saturated rings. The van der Waals surface area contributed by atoms with E-state index in [1.807, 2.05) is 12.1 Å². The maximum atomic E-state index is 10.4. The molecule has 0 aliphatic carbocycles. The van der Waals surface area contributed by atoms with Crippen LogP contribution in [-0.2, 0) is 4.79 Å². The molecule has 5 heteroatoms. The largest absolute Gasteiger partial charge is 0.508 e. The van der Waals surface area contributed by atoms with E-state index in [1.54, 1.807) is 18.3 Å². The summed E-state index contributed by atoms with van der Waals surface area (Å²) in [6.45, 7) is 0.536. The van der Waals surface area contributed by atoms with Crippen molar-refractivity contribution in [1.82, 2.24) is 4.98 Å². The molecule has 0 atom stereocenters. The topological polar surface area (TPSA) is 82.5 Å². The third-order valence-electron chi connectivity index (χ3n) is 2.61. The third-order valence-corrected chi connectivity index (χ3v) is 2.61. The van der Waals surface area contributed by atoms with Gasteiger partial charge in [0.1, 0.15) is 11.6 Å². The number of hydrogen-bond acceptors (Lipinski definition) is 4. The van der Waals surface area contributed by atoms with Gasteiger partial charge in [0, 0.05) is 24.5 Å². The summed E-state index contributed by atoms with van der Waals surface area (Å²) < 4.78 is 0. The number of pyridine rings is 1. The predicted octanol–water partition coefficient (Wildman–Crippen LogP) is 2.22. The normalized spacial score (nSPS) is 10.4. The number of benzene rings is 1. The molecule has 3 N–H and O–H groups in total. The number of anilines is 1. The van der Waals surface area contributed by atoms with Crippen molar-refractivity contribution in [2.45, 2.75) is 12.8 Å². The highest BCUT2D eigenvalue weighted by molar-refractivity contribution is 5.92. The van der Waals surface area contributed by atoms with Crippen LogP contribution in [0.2, 0.25) is 0 Å². The van der Waals surface area contributed by atoms with Crippen LogP contribution in [0.4, 0.5) is 5.82 Å². The maximum Gasteiger partial charge on any atom is 0.303 e. The highest BCUT2D eigenvalue weighted by atomic mass is 16.4. The molecule has 1 heterocycles. The van der Waals surface area contributed by atoms with Gasteiger partial charge in [-0.2, -0.15) is 0 Å². The van der Waals surface area contributed by atoms with E-state index in [1.165, 1.54) is 0 Å². The molecule has 0 aliphatic heterocycles. The fraction of sp³-hybridized carbons (Fsp3) is 0.231. The van der Waals surface area contributed by atoms with Crippen molar-refractivity contribution < 1.29 is 15.0 Å². The molecule has 0 amide bonds. The van der Waals surface area contributed by atoms with Crippen molar-refractivity contribution in [2.75, 3.05) is 11.9 Å². The number of nitrogens with one attached hydrogen (secondary N) is 1. The van der Waals surface area contributed by atoms with Gasteiger partial charge in [-0.05, 0) is 30.0 Å². The first-order valence-electron chi connectivity index (χ1n) is 5.70. The zero-order valence-electron chi connectivity index (χ0n) is 9.76. The Morgan fingerprint density at radius 3 is 2.94 bits per heavy atom. The quantitative estimate of drug-likeness (QED) is 0.704. The molecular weight excluding hydrogens is 232 g/mol. The summed E-state index contributed by atoms with van der Waals surface area (Å²) in [5.74, 6) is 0.0400. The SMILES string of the molecule is O=C(O)CCCNc1nccc2ccc(O)cc12. The number of aromatic nitrogens is 1. The van der Waals surface area contributed by atoms with Crippen LogP contribution in [0.25, 0.3) is 10.8 Å². The van der Waals surface area contributed by atoms with Crippen molar-refractivity contribution in [3.8, 4) is 5.75 Å². The lowest BCUT2D eigenvalue weighted by Gasteiger charge is -2.08. The van der Waals surface area contributed by atoms with E-state index in [9.17, 15) is 9.90 Å². The number of carboxylic acids is 1. The zero-order chi connectivity index (χ0) is 13.0. The van der Waals surface area contributed by atoms with Crippen LogP contribution in [0.1, 0.15) is 12.8 Å². The Kier molecular flexibility index (Phi) is 3.62. The summed E-state index contributed by atoms with van der Waals surface area (Å²) in [5.41, 5.74) is 0. The van der Waals surface area contributed by atoms with Gasteiger partial charge in [-0.3, -0.25) is 4.79 Å². The summed E-state index contributed by atoms with van der Waals surface area (Å²) in [7, 11) is 0. The number of fused-ring (bicyclic) bond motifs is 1. The van der Waals surface area contributed by atoms with Crippen LogP contribution in [0.5, 0.6) is 5.75 Å². The Bertz CT molecular complexity index is 569. The van der Waals surface area contributed by atoms with Crippen LogP contribution < -0.4 is 5.32 Å². The van der Waals surface area contributed by atoms with Gasteiger partial charge in [0.05, 0.1) is 0 Å². The van der Waals surface area contributed by atoms with Gasteiger partial charge in [-0.1, -0.05) is 6.07 Å². The molecule has 5 nitrogen and oxygen atoms in total. The number of nitrogens with zero attached hydrogens (tertiary/aromatic N) is 1. The lowest BCUT2D eigenvalue weighted by Crippen LogP contribution is -2.06. The van der Waals surface area contributed by atoms with E-state index < -0.39 is 5.97 Å². The molecule has 2 rings (SSSR count). The zero-order valence-corrected chi connectivity index (χ0v) is 9.76. The van der Waals surface area contributed by atoms with E-state index in [0.29, 0.717) is 18.8 Å². The molecule has 1 aromatic heterocycles. The lowest BCUT2D eigenvalue weighted by molar-refractivity contribution is -0.137. The molecule has 0 bridgehead atoms. The molecule has 0 saturated carbocycles. The number of hydrogen-bond donors (Lipinski definition) is 3. The molecule has 94 valence electrons. The minimum Gasteiger partial charge on any atom is -0.508 e. The summed E-state index contributed by atoms with van der Waals surface area (Å²) in [6, 6.07) is 6.93. The molecule has 0 saturated heterocycles. The Labute approximate surface area is 104 Å². The summed E-state index contributed by atoms with van der Waals surface area (Å²) in [6.07, 6.45) is 2.34. The minimum absolute atomic E-state index is 0.128. The van der Waals surface area contributed by atoms with Gasteiger partial charge in [0.25, 0.3) is 0 Å². The van der Waals surface area contributed by atoms with Crippen molar-refractivity contribution in [3.63, 3.8) is 0 Å². The fourth-order valence-electron chi connectivity index (χ4n) is 1.74. The van der Waals surface area contributed by atoms with Crippen LogP contribution in [0.3, 0.4) is 0 Å². The lowest BCUT2D eigenvalue weighted by atomic mass is 10.1. The Morgan fingerprint density at radius 2 is 2.17 bits per heavy atom. The van der Waals surface area contributed by atoms with E-state index in [-0.39, 0.29) is 12.2 Å². The van der Waals surface area contributed by atoms with Gasteiger partial charge in [-0.25, -0.2) is 4.98 Å². The molecule has 0 radical (unpaired) electrons. The second-order valence-corrected chi connectivity index (χ2v) is 3.99. The first kappa shape index (κ1) is 12.2. The molecular formula is C13H14N2O3. The van der Waals surface area contributed by atoms with Gasteiger partial charge < -0.3 is 15.5 Å². The highest BCUT2D eigenvalue weighted by Gasteiger charge is 2.03. The Hall–Kier alpha value is -2.30. The molecule has 2 aromatic rings. The average molecular weight is 246 g/mol. The number of phenols is 1. The Morgan fingerprint density at radius 1 is 1.33 bits per heavy atom. The number of aromatic hydroxyl groups is 1. The molecule has 0 unspecified atom stereocenters. The van der Waals surface area contributed by atoms with Crippen LogP contribution >= 0.6 is 0 Å². The number of rotatable bonds is 5. The smallest absolute Gasteiger partial charge is 0.303 e. The van der Waals surface area contributed by atoms with Gasteiger partial charge in [0.2, 0.25) is 0 Å². The van der Waals surface area contributed by atoms with E-state index in [4.69, 9.17) is 5.11 Å². The van der Waals surface area contributed by atoms with E-state index in [0.717, 1.165) is 10.8 Å². The third kappa shape index (κ3) is 2.88. The number of phenolic OH excluding ortho intramolecular Hbond substituents is 1. The highest BCUT2D eigenvalue weighted by Crippen LogP contribution is 2.24. The maximum absolute atomic E-state index is 10.4. The number of carbonyl (C=O) groups is 1. The number of carboxylic acid groups (broad SMARTS) is 1. The van der Waals surface area contributed by atoms with Crippen LogP contribution in [-0.4, -0.2) is 27.7 Å². The standard InChI is InChI=1S/C13H14N2O3/c16-10-4-3-9-5-7-15-13(11(9)8-10)14-6-1-2-12(17)18/h3-5,7-8,16H,1-2,6H2,(H,14,15)(H,17,18). The molecule has 1 aromatic carbocycles. The van der Waals surface area contributed by atoms with Crippen molar-refractivity contribution in [3.05, 3.63) is 30.5 Å². The molecule has 18 heavy (non-hydrogen) atoms. The van der Waals surface area contributed by atoms with Crippen molar-refractivity contribution in [2.24, 2.45) is 0 Å². The van der Waals surface area contributed by atoms with Crippen molar-refractivity contribution in [1.29, 1.82) is 0 Å². The average Bonchev–Trinajstić information content (AvgIpc) is 2.34. The Balaban J connectivity index is 2.12. The van der Waals surface area contributed by atoms with E-state index >= 15 is 0 Å². The van der Waals surface area contributed by atoms with Crippen LogP contribution in [0.15, 0.2) is 30.5 Å². The van der Waals surface area contributed by atoms with Crippen LogP contribution in [0, 0.1) is 0 Å². The van der Waals surface area contributed by atoms with Crippen molar-refractivity contribution >= 4 is 22.6 Å². The van der Waals surface area contributed by atoms with E-state index in [2.05, 4.69) is 10.3 Å². The minimum atomic E-state index is -0.805. The predicted molar refractivity (Wildman–Crippen MR) is 68.8 cm³/mol. The summed E-state index contributed by atoms with van der Waals surface area (Å²) >= 11 is 0. The second-order valence-electron chi connectivity index (χ2n) is 3.99. The first-order chi connectivity index (χ1) is 8.66. The number of aliphatic carboxylic acids is 1. The monoisotopic (exact) mass is 246 g/mol. The fourth-order valence-corrected chi connectivity index (χ4v) is 1.74. The van der Waals surface area contributed by atoms with Gasteiger partial charge >= 0.3 is 5.97 Å². The molecule has 0 aliphatic rings.